The van der Waals surface area contributed by atoms with Crippen LogP contribution in [-0.2, 0) is 0 Å². The molecule has 0 radical (unpaired) electrons. The van der Waals surface area contributed by atoms with Crippen LogP contribution in [0.15, 0.2) is 18.2 Å². The molecule has 3 rings (SSSR count). The number of nitrogens with zero attached hydrogens (tertiary/aromatic N) is 1. The van der Waals surface area contributed by atoms with Crippen LogP contribution in [-0.4, -0.2) is 30.7 Å². The molecule has 4 nitrogen and oxygen atoms in total. The highest BCUT2D eigenvalue weighted by atomic mass is 16.7. The maximum Gasteiger partial charge on any atom is 0.253 e. The Morgan fingerprint density at radius 1 is 1.10 bits per heavy atom. The van der Waals surface area contributed by atoms with Gasteiger partial charge in [0.15, 0.2) is 11.5 Å². The molecule has 1 amide bonds. The largest absolute Gasteiger partial charge is 0.454 e. The summed E-state index contributed by atoms with van der Waals surface area (Å²) in [4.78, 5) is 14.5. The number of rotatable bonds is 2. The summed E-state index contributed by atoms with van der Waals surface area (Å²) in [6, 6.07) is 5.80. The van der Waals surface area contributed by atoms with Gasteiger partial charge in [0.25, 0.3) is 5.91 Å². The first-order valence-corrected chi connectivity index (χ1v) is 7.42. The van der Waals surface area contributed by atoms with E-state index in [-0.39, 0.29) is 12.7 Å². The molecule has 1 heterocycles. The average Bonchev–Trinajstić information content (AvgIpc) is 2.77. The van der Waals surface area contributed by atoms with Gasteiger partial charge in [0.1, 0.15) is 0 Å². The number of fused-ring (bicyclic) bond motifs is 1. The van der Waals surface area contributed by atoms with E-state index in [1.807, 2.05) is 24.1 Å². The van der Waals surface area contributed by atoms with E-state index >= 15 is 0 Å². The predicted molar refractivity (Wildman–Crippen MR) is 76.1 cm³/mol. The van der Waals surface area contributed by atoms with E-state index in [2.05, 4.69) is 0 Å². The Balaban J connectivity index is 1.74. The fourth-order valence-corrected chi connectivity index (χ4v) is 3.04. The highest BCUT2D eigenvalue weighted by molar-refractivity contribution is 5.95. The molecule has 0 spiro atoms. The Labute approximate surface area is 119 Å². The molecule has 0 saturated heterocycles. The van der Waals surface area contributed by atoms with E-state index in [9.17, 15) is 4.79 Å². The number of amides is 1. The van der Waals surface area contributed by atoms with E-state index < -0.39 is 0 Å². The van der Waals surface area contributed by atoms with Gasteiger partial charge in [-0.05, 0) is 31.0 Å². The number of hydrogen-bond acceptors (Lipinski definition) is 3. The lowest BCUT2D eigenvalue weighted by Gasteiger charge is -2.27. The van der Waals surface area contributed by atoms with E-state index in [4.69, 9.17) is 9.47 Å². The van der Waals surface area contributed by atoms with Crippen molar-refractivity contribution in [1.82, 2.24) is 4.90 Å². The summed E-state index contributed by atoms with van der Waals surface area (Å²) < 4.78 is 10.6. The SMILES string of the molecule is CN(C(=O)c1ccc2c(c1)OCO2)C1CCCCCC1. The van der Waals surface area contributed by atoms with Crippen LogP contribution < -0.4 is 9.47 Å². The Morgan fingerprint density at radius 3 is 2.55 bits per heavy atom. The summed E-state index contributed by atoms with van der Waals surface area (Å²) >= 11 is 0. The molecule has 20 heavy (non-hydrogen) atoms. The van der Waals surface area contributed by atoms with Crippen molar-refractivity contribution in [1.29, 1.82) is 0 Å². The molecule has 1 aliphatic carbocycles. The Hall–Kier alpha value is -1.71. The predicted octanol–water partition coefficient (Wildman–Crippen LogP) is 3.21. The second kappa shape index (κ2) is 5.73. The van der Waals surface area contributed by atoms with Crippen molar-refractivity contribution in [2.24, 2.45) is 0 Å². The van der Waals surface area contributed by atoms with Crippen LogP contribution in [0.4, 0.5) is 0 Å². The van der Waals surface area contributed by atoms with Crippen molar-refractivity contribution in [2.45, 2.75) is 44.6 Å². The lowest BCUT2D eigenvalue weighted by Crippen LogP contribution is -2.36. The summed E-state index contributed by atoms with van der Waals surface area (Å²) in [5.74, 6) is 1.47. The second-order valence-corrected chi connectivity index (χ2v) is 5.63. The molecule has 0 aromatic heterocycles. The third-order valence-corrected chi connectivity index (χ3v) is 4.31. The van der Waals surface area contributed by atoms with Crippen LogP contribution >= 0.6 is 0 Å². The minimum Gasteiger partial charge on any atom is -0.454 e. The van der Waals surface area contributed by atoms with Crippen molar-refractivity contribution in [3.05, 3.63) is 23.8 Å². The van der Waals surface area contributed by atoms with Crippen LogP contribution in [0.1, 0.15) is 48.9 Å². The first kappa shape index (κ1) is 13.3. The standard InChI is InChI=1S/C16H21NO3/c1-17(13-6-4-2-3-5-7-13)16(18)12-8-9-14-15(10-12)20-11-19-14/h8-10,13H,2-7,11H2,1H3. The van der Waals surface area contributed by atoms with Crippen LogP contribution in [0, 0.1) is 0 Å². The maximum absolute atomic E-state index is 12.6. The zero-order valence-electron chi connectivity index (χ0n) is 11.9. The Kier molecular flexibility index (Phi) is 3.81. The molecule has 2 aliphatic rings. The molecular formula is C16H21NO3. The molecular weight excluding hydrogens is 254 g/mol. The first-order chi connectivity index (χ1) is 9.75. The number of benzene rings is 1. The van der Waals surface area contributed by atoms with Gasteiger partial charge in [-0.3, -0.25) is 4.79 Å². The zero-order chi connectivity index (χ0) is 13.9. The van der Waals surface area contributed by atoms with Gasteiger partial charge in [0.2, 0.25) is 6.79 Å². The third kappa shape index (κ3) is 2.60. The highest BCUT2D eigenvalue weighted by Crippen LogP contribution is 2.33. The maximum atomic E-state index is 12.6. The van der Waals surface area contributed by atoms with Gasteiger partial charge in [0.05, 0.1) is 0 Å². The lowest BCUT2D eigenvalue weighted by atomic mass is 10.1. The molecule has 0 N–H and O–H groups in total. The van der Waals surface area contributed by atoms with Crippen LogP contribution in [0.5, 0.6) is 11.5 Å². The summed E-state index contributed by atoms with van der Waals surface area (Å²) in [5.41, 5.74) is 0.681. The van der Waals surface area contributed by atoms with E-state index in [1.165, 1.54) is 25.7 Å². The molecule has 4 heteroatoms. The van der Waals surface area contributed by atoms with Crippen molar-refractivity contribution in [3.63, 3.8) is 0 Å². The van der Waals surface area contributed by atoms with Crippen LogP contribution in [0.2, 0.25) is 0 Å². The first-order valence-electron chi connectivity index (χ1n) is 7.42. The summed E-state index contributed by atoms with van der Waals surface area (Å²) in [6.45, 7) is 0.242. The molecule has 0 atom stereocenters. The van der Waals surface area contributed by atoms with Crippen LogP contribution in [0.3, 0.4) is 0 Å². The van der Waals surface area contributed by atoms with Gasteiger partial charge in [-0.2, -0.15) is 0 Å². The molecule has 0 unspecified atom stereocenters. The smallest absolute Gasteiger partial charge is 0.253 e. The fraction of sp³-hybridized carbons (Fsp3) is 0.562. The number of carbonyl (C=O) groups excluding carboxylic acids is 1. The number of carbonyl (C=O) groups is 1. The van der Waals surface area contributed by atoms with Crippen LogP contribution in [0.25, 0.3) is 0 Å². The van der Waals surface area contributed by atoms with Crippen molar-refractivity contribution < 1.29 is 14.3 Å². The quantitative estimate of drug-likeness (QED) is 0.778. The lowest BCUT2D eigenvalue weighted by molar-refractivity contribution is 0.0717. The summed E-state index contributed by atoms with van der Waals surface area (Å²) in [7, 11) is 1.92. The molecule has 0 bridgehead atoms. The highest BCUT2D eigenvalue weighted by Gasteiger charge is 2.24. The Morgan fingerprint density at radius 2 is 1.80 bits per heavy atom. The van der Waals surface area contributed by atoms with E-state index in [0.717, 1.165) is 18.6 Å². The Bertz CT molecular complexity index is 492. The molecule has 1 aliphatic heterocycles. The minimum absolute atomic E-state index is 0.0789. The van der Waals surface area contributed by atoms with Crippen molar-refractivity contribution in [2.75, 3.05) is 13.8 Å². The fourth-order valence-electron chi connectivity index (χ4n) is 3.04. The molecule has 1 fully saturated rings. The van der Waals surface area contributed by atoms with Gasteiger partial charge < -0.3 is 14.4 Å². The second-order valence-electron chi connectivity index (χ2n) is 5.63. The van der Waals surface area contributed by atoms with Crippen molar-refractivity contribution >= 4 is 5.91 Å². The average molecular weight is 275 g/mol. The molecule has 1 aromatic carbocycles. The summed E-state index contributed by atoms with van der Waals surface area (Å²) in [6.07, 6.45) is 7.28. The van der Waals surface area contributed by atoms with Gasteiger partial charge >= 0.3 is 0 Å². The van der Waals surface area contributed by atoms with Crippen molar-refractivity contribution in [3.8, 4) is 11.5 Å². The van der Waals surface area contributed by atoms with Gasteiger partial charge in [-0.15, -0.1) is 0 Å². The third-order valence-electron chi connectivity index (χ3n) is 4.31. The van der Waals surface area contributed by atoms with Gasteiger partial charge in [-0.1, -0.05) is 25.7 Å². The molecule has 1 aromatic rings. The minimum atomic E-state index is 0.0789. The molecule has 108 valence electrons. The summed E-state index contributed by atoms with van der Waals surface area (Å²) in [5, 5.41) is 0. The van der Waals surface area contributed by atoms with E-state index in [0.29, 0.717) is 17.4 Å². The monoisotopic (exact) mass is 275 g/mol. The zero-order valence-corrected chi connectivity index (χ0v) is 11.9. The topological polar surface area (TPSA) is 38.8 Å². The number of ether oxygens (including phenoxy) is 2. The normalized spacial score (nSPS) is 18.6. The molecule has 1 saturated carbocycles. The van der Waals surface area contributed by atoms with E-state index in [1.54, 1.807) is 6.07 Å². The number of hydrogen-bond donors (Lipinski definition) is 0. The van der Waals surface area contributed by atoms with Gasteiger partial charge in [-0.25, -0.2) is 0 Å². The van der Waals surface area contributed by atoms with Gasteiger partial charge in [0, 0.05) is 18.7 Å².